The molecule has 3 rings (SSSR count). The minimum absolute atomic E-state index is 0.0517. The molecule has 2 N–H and O–H groups in total. The molecule has 2 fully saturated rings. The number of piperidine rings is 1. The van der Waals surface area contributed by atoms with Gasteiger partial charge >= 0.3 is 0 Å². The third-order valence-electron chi connectivity index (χ3n) is 5.83. The van der Waals surface area contributed by atoms with Gasteiger partial charge in [0.15, 0.2) is 0 Å². The number of likely N-dealkylation sites (tertiary alicyclic amines) is 1. The molecular weight excluding hydrogens is 358 g/mol. The van der Waals surface area contributed by atoms with E-state index < -0.39 is 0 Å². The lowest BCUT2D eigenvalue weighted by Gasteiger charge is -2.41. The smallest absolute Gasteiger partial charge is 0.266 e. The Balaban J connectivity index is 1.65. The van der Waals surface area contributed by atoms with E-state index in [2.05, 4.69) is 10.3 Å². The Kier molecular flexibility index (Phi) is 6.15. The van der Waals surface area contributed by atoms with Gasteiger partial charge in [-0.1, -0.05) is 0 Å². The largest absolute Gasteiger partial charge is 0.341 e. The van der Waals surface area contributed by atoms with Gasteiger partial charge in [-0.2, -0.15) is 5.26 Å². The topological polar surface area (TPSA) is 109 Å². The van der Waals surface area contributed by atoms with Crippen LogP contribution in [0.15, 0.2) is 4.79 Å². The molecule has 1 aromatic heterocycles. The van der Waals surface area contributed by atoms with Crippen LogP contribution in [0.1, 0.15) is 41.6 Å². The van der Waals surface area contributed by atoms with E-state index in [1.165, 1.54) is 0 Å². The van der Waals surface area contributed by atoms with Gasteiger partial charge in [0, 0.05) is 44.3 Å². The van der Waals surface area contributed by atoms with Crippen LogP contribution < -0.4 is 10.9 Å². The van der Waals surface area contributed by atoms with Gasteiger partial charge in [0.05, 0.1) is 6.54 Å². The highest BCUT2D eigenvalue weighted by Gasteiger charge is 2.31. The maximum atomic E-state index is 12.8. The Morgan fingerprint density at radius 2 is 2.07 bits per heavy atom. The molecule has 2 saturated heterocycles. The summed E-state index contributed by atoms with van der Waals surface area (Å²) in [6.45, 7) is 6.70. The molecule has 2 amide bonds. The highest BCUT2D eigenvalue weighted by atomic mass is 16.2. The van der Waals surface area contributed by atoms with Crippen LogP contribution in [0.5, 0.6) is 0 Å². The SMILES string of the molecule is Cc1[nH]c(=O)c(C#N)c(C)c1CCC(=O)N1CCCC(N2CCNCC2=O)C1. The lowest BCUT2D eigenvalue weighted by atomic mass is 9.98. The van der Waals surface area contributed by atoms with E-state index in [9.17, 15) is 19.6 Å². The first kappa shape index (κ1) is 20.1. The van der Waals surface area contributed by atoms with Crippen molar-refractivity contribution in [2.75, 3.05) is 32.7 Å². The number of aryl methyl sites for hydroxylation is 1. The maximum Gasteiger partial charge on any atom is 0.266 e. The van der Waals surface area contributed by atoms with Crippen LogP contribution in [0.2, 0.25) is 0 Å². The van der Waals surface area contributed by atoms with Gasteiger partial charge in [-0.3, -0.25) is 14.4 Å². The molecule has 1 unspecified atom stereocenters. The second kappa shape index (κ2) is 8.57. The number of piperazine rings is 1. The summed E-state index contributed by atoms with van der Waals surface area (Å²) in [4.78, 5) is 43.3. The zero-order chi connectivity index (χ0) is 20.3. The van der Waals surface area contributed by atoms with Crippen molar-refractivity contribution in [2.24, 2.45) is 0 Å². The highest BCUT2D eigenvalue weighted by Crippen LogP contribution is 2.20. The molecule has 0 radical (unpaired) electrons. The average Bonchev–Trinajstić information content (AvgIpc) is 2.68. The number of carbonyl (C=O) groups excluding carboxylic acids is 2. The molecule has 3 heterocycles. The fourth-order valence-corrected chi connectivity index (χ4v) is 4.25. The predicted molar refractivity (Wildman–Crippen MR) is 104 cm³/mol. The quantitative estimate of drug-likeness (QED) is 0.771. The summed E-state index contributed by atoms with van der Waals surface area (Å²) in [7, 11) is 0. The number of aromatic amines is 1. The first-order valence-corrected chi connectivity index (χ1v) is 9.82. The Hall–Kier alpha value is -2.66. The summed E-state index contributed by atoms with van der Waals surface area (Å²) in [5, 5.41) is 12.3. The first-order chi connectivity index (χ1) is 13.4. The van der Waals surface area contributed by atoms with E-state index in [-0.39, 0.29) is 29.0 Å². The van der Waals surface area contributed by atoms with Crippen molar-refractivity contribution >= 4 is 11.8 Å². The number of hydrogen-bond donors (Lipinski definition) is 2. The second-order valence-corrected chi connectivity index (χ2v) is 7.57. The monoisotopic (exact) mass is 385 g/mol. The lowest BCUT2D eigenvalue weighted by molar-refractivity contribution is -0.140. The molecule has 1 aromatic rings. The summed E-state index contributed by atoms with van der Waals surface area (Å²) < 4.78 is 0. The van der Waals surface area contributed by atoms with Gasteiger partial charge in [-0.15, -0.1) is 0 Å². The van der Waals surface area contributed by atoms with Crippen LogP contribution in [0, 0.1) is 25.2 Å². The van der Waals surface area contributed by atoms with Gasteiger partial charge in [0.1, 0.15) is 11.6 Å². The fourth-order valence-electron chi connectivity index (χ4n) is 4.25. The second-order valence-electron chi connectivity index (χ2n) is 7.57. The Labute approximate surface area is 164 Å². The molecule has 8 heteroatoms. The van der Waals surface area contributed by atoms with Crippen LogP contribution in [-0.4, -0.2) is 65.4 Å². The number of carbonyl (C=O) groups is 2. The van der Waals surface area contributed by atoms with Crippen molar-refractivity contribution in [3.8, 4) is 6.07 Å². The number of nitrogens with zero attached hydrogens (tertiary/aromatic N) is 3. The van der Waals surface area contributed by atoms with Gasteiger partial charge in [0.2, 0.25) is 11.8 Å². The van der Waals surface area contributed by atoms with Crippen molar-refractivity contribution in [1.29, 1.82) is 5.26 Å². The first-order valence-electron chi connectivity index (χ1n) is 9.82. The molecule has 150 valence electrons. The van der Waals surface area contributed by atoms with Crippen molar-refractivity contribution in [1.82, 2.24) is 20.1 Å². The van der Waals surface area contributed by atoms with E-state index in [4.69, 9.17) is 0 Å². The molecule has 1 atom stereocenters. The Bertz CT molecular complexity index is 870. The number of pyridine rings is 1. The van der Waals surface area contributed by atoms with Crippen LogP contribution in [0.4, 0.5) is 0 Å². The number of hydrogen-bond acceptors (Lipinski definition) is 5. The lowest BCUT2D eigenvalue weighted by Crippen LogP contribution is -2.57. The number of nitriles is 1. The normalized spacial score (nSPS) is 20.2. The van der Waals surface area contributed by atoms with Crippen molar-refractivity contribution in [2.45, 2.75) is 45.6 Å². The van der Waals surface area contributed by atoms with Crippen LogP contribution in [-0.2, 0) is 16.0 Å². The maximum absolute atomic E-state index is 12.8. The molecule has 2 aliphatic heterocycles. The van der Waals surface area contributed by atoms with E-state index in [1.54, 1.807) is 13.8 Å². The van der Waals surface area contributed by atoms with Crippen LogP contribution >= 0.6 is 0 Å². The van der Waals surface area contributed by atoms with Gasteiger partial charge in [0.25, 0.3) is 5.56 Å². The number of H-pyrrole nitrogens is 1. The van der Waals surface area contributed by atoms with E-state index in [1.807, 2.05) is 15.9 Å². The molecule has 0 spiro atoms. The third kappa shape index (κ3) is 4.09. The van der Waals surface area contributed by atoms with Gasteiger partial charge in [-0.05, 0) is 44.2 Å². The molecule has 8 nitrogen and oxygen atoms in total. The molecule has 2 aliphatic rings. The third-order valence-corrected chi connectivity index (χ3v) is 5.83. The summed E-state index contributed by atoms with van der Waals surface area (Å²) in [6.07, 6.45) is 2.62. The predicted octanol–water partition coefficient (Wildman–Crippen LogP) is 0.219. The minimum atomic E-state index is -0.382. The van der Waals surface area contributed by atoms with Gasteiger partial charge in [-0.25, -0.2) is 0 Å². The zero-order valence-electron chi connectivity index (χ0n) is 16.5. The molecule has 0 bridgehead atoms. The van der Waals surface area contributed by atoms with E-state index in [0.717, 1.165) is 24.9 Å². The number of nitrogens with one attached hydrogen (secondary N) is 2. The van der Waals surface area contributed by atoms with Crippen molar-refractivity contribution in [3.05, 3.63) is 32.7 Å². The van der Waals surface area contributed by atoms with Crippen molar-refractivity contribution in [3.63, 3.8) is 0 Å². The van der Waals surface area contributed by atoms with E-state index >= 15 is 0 Å². The zero-order valence-corrected chi connectivity index (χ0v) is 16.5. The summed E-state index contributed by atoms with van der Waals surface area (Å²) in [5.74, 6) is 0.157. The number of amides is 2. The molecule has 0 aromatic carbocycles. The van der Waals surface area contributed by atoms with Crippen LogP contribution in [0.25, 0.3) is 0 Å². The standard InChI is InChI=1S/C20H27N5O3/c1-13-16(14(2)23-20(28)17(13)10-21)5-6-18(26)24-8-3-4-15(12-24)25-9-7-22-11-19(25)27/h15,22H,3-9,11-12H2,1-2H3,(H,23,28). The molecular formula is C20H27N5O3. The minimum Gasteiger partial charge on any atom is -0.341 e. The summed E-state index contributed by atoms with van der Waals surface area (Å²) in [5.41, 5.74) is 1.95. The molecule has 0 saturated carbocycles. The molecule has 0 aliphatic carbocycles. The number of aromatic nitrogens is 1. The van der Waals surface area contributed by atoms with Gasteiger partial charge < -0.3 is 20.1 Å². The Morgan fingerprint density at radius 3 is 2.79 bits per heavy atom. The Morgan fingerprint density at radius 1 is 1.29 bits per heavy atom. The highest BCUT2D eigenvalue weighted by molar-refractivity contribution is 5.80. The van der Waals surface area contributed by atoms with E-state index in [0.29, 0.717) is 50.3 Å². The number of rotatable bonds is 4. The average molecular weight is 385 g/mol. The van der Waals surface area contributed by atoms with Crippen molar-refractivity contribution < 1.29 is 9.59 Å². The fraction of sp³-hybridized carbons (Fsp3) is 0.600. The summed E-state index contributed by atoms with van der Waals surface area (Å²) >= 11 is 0. The molecule has 28 heavy (non-hydrogen) atoms. The summed E-state index contributed by atoms with van der Waals surface area (Å²) in [6, 6.07) is 2.04. The van der Waals surface area contributed by atoms with Crippen LogP contribution in [0.3, 0.4) is 0 Å².